The van der Waals surface area contributed by atoms with Gasteiger partial charge in [-0.1, -0.05) is 12.8 Å². The van der Waals surface area contributed by atoms with Crippen molar-refractivity contribution in [2.45, 2.75) is 63.3 Å². The molecule has 0 spiro atoms. The van der Waals surface area contributed by atoms with Crippen LogP contribution >= 0.6 is 0 Å². The van der Waals surface area contributed by atoms with Gasteiger partial charge < -0.3 is 10.4 Å². The molecule has 0 aliphatic heterocycles. The average Bonchev–Trinajstić information content (AvgIpc) is 2.72. The van der Waals surface area contributed by atoms with Gasteiger partial charge in [0.2, 0.25) is 0 Å². The van der Waals surface area contributed by atoms with E-state index in [2.05, 4.69) is 5.32 Å². The van der Waals surface area contributed by atoms with Crippen LogP contribution in [0.15, 0.2) is 0 Å². The molecule has 0 heterocycles. The van der Waals surface area contributed by atoms with E-state index in [4.69, 9.17) is 0 Å². The quantitative estimate of drug-likeness (QED) is 0.822. The van der Waals surface area contributed by atoms with Crippen molar-refractivity contribution in [3.05, 3.63) is 0 Å². The first-order valence-corrected chi connectivity index (χ1v) is 6.95. The Bertz CT molecular complexity index is 269. The van der Waals surface area contributed by atoms with Gasteiger partial charge in [-0.15, -0.1) is 0 Å². The number of nitrogens with one attached hydrogen (secondary N) is 1. The highest BCUT2D eigenvalue weighted by molar-refractivity contribution is 4.87. The predicted molar refractivity (Wildman–Crippen MR) is 63.2 cm³/mol. The monoisotopic (exact) mass is 265 g/mol. The molecule has 2 nitrogen and oxygen atoms in total. The molecule has 106 valence electrons. The van der Waals surface area contributed by atoms with E-state index in [1.54, 1.807) is 0 Å². The fraction of sp³-hybridized carbons (Fsp3) is 1.00. The number of aliphatic hydroxyl groups excluding tert-OH is 1. The summed E-state index contributed by atoms with van der Waals surface area (Å²) in [6, 6.07) is -0.420. The summed E-state index contributed by atoms with van der Waals surface area (Å²) in [5.41, 5.74) is 0. The second-order valence-electron chi connectivity index (χ2n) is 5.78. The zero-order valence-corrected chi connectivity index (χ0v) is 10.5. The summed E-state index contributed by atoms with van der Waals surface area (Å²) in [4.78, 5) is 0. The minimum absolute atomic E-state index is 0.249. The Labute approximate surface area is 106 Å². The first kappa shape index (κ1) is 14.1. The van der Waals surface area contributed by atoms with E-state index < -0.39 is 18.1 Å². The van der Waals surface area contributed by atoms with Crippen molar-refractivity contribution in [2.75, 3.05) is 6.54 Å². The smallest absolute Gasteiger partial charge is 0.393 e. The second-order valence-corrected chi connectivity index (χ2v) is 5.78. The Morgan fingerprint density at radius 3 is 2.39 bits per heavy atom. The second kappa shape index (κ2) is 5.78. The third kappa shape index (κ3) is 3.60. The van der Waals surface area contributed by atoms with Gasteiger partial charge >= 0.3 is 6.18 Å². The molecule has 2 N–H and O–H groups in total. The van der Waals surface area contributed by atoms with E-state index in [9.17, 15) is 18.3 Å². The zero-order valence-electron chi connectivity index (χ0n) is 10.5. The van der Waals surface area contributed by atoms with Gasteiger partial charge in [-0.25, -0.2) is 0 Å². The molecule has 0 bridgehead atoms. The number of alkyl halides is 3. The van der Waals surface area contributed by atoms with Gasteiger partial charge in [0.1, 0.15) is 0 Å². The molecular weight excluding hydrogens is 243 g/mol. The molecule has 2 saturated carbocycles. The minimum atomic E-state index is -4.08. The zero-order chi connectivity index (χ0) is 13.2. The lowest BCUT2D eigenvalue weighted by Crippen LogP contribution is -2.46. The van der Waals surface area contributed by atoms with Gasteiger partial charge in [0.15, 0.2) is 0 Å². The van der Waals surface area contributed by atoms with Crippen molar-refractivity contribution in [1.29, 1.82) is 0 Å². The van der Waals surface area contributed by atoms with Crippen LogP contribution in [0.25, 0.3) is 0 Å². The highest BCUT2D eigenvalue weighted by atomic mass is 19.4. The number of rotatable bonds is 3. The molecule has 4 atom stereocenters. The molecule has 5 heteroatoms. The Hall–Kier alpha value is -0.290. The van der Waals surface area contributed by atoms with E-state index in [0.717, 1.165) is 25.7 Å². The lowest BCUT2D eigenvalue weighted by atomic mass is 9.83. The van der Waals surface area contributed by atoms with Gasteiger partial charge in [0.25, 0.3) is 0 Å². The van der Waals surface area contributed by atoms with Crippen LogP contribution in [-0.4, -0.2) is 30.0 Å². The average molecular weight is 265 g/mol. The van der Waals surface area contributed by atoms with Gasteiger partial charge in [0.05, 0.1) is 12.0 Å². The van der Waals surface area contributed by atoms with Crippen molar-refractivity contribution < 1.29 is 18.3 Å². The van der Waals surface area contributed by atoms with Crippen molar-refractivity contribution in [2.24, 2.45) is 11.8 Å². The first-order valence-electron chi connectivity index (χ1n) is 6.95. The summed E-state index contributed by atoms with van der Waals surface area (Å²) in [7, 11) is 0. The SMILES string of the molecule is OC1CCC(CNC2CCCCC2C(F)(F)F)C1. The first-order chi connectivity index (χ1) is 8.47. The Morgan fingerprint density at radius 2 is 1.78 bits per heavy atom. The lowest BCUT2D eigenvalue weighted by molar-refractivity contribution is -0.189. The van der Waals surface area contributed by atoms with Crippen molar-refractivity contribution >= 4 is 0 Å². The molecular formula is C13H22F3NO. The Kier molecular flexibility index (Phi) is 4.54. The molecule has 0 aromatic carbocycles. The molecule has 2 rings (SSSR count). The van der Waals surface area contributed by atoms with Gasteiger partial charge in [-0.2, -0.15) is 13.2 Å². The minimum Gasteiger partial charge on any atom is -0.393 e. The van der Waals surface area contributed by atoms with E-state index in [1.165, 1.54) is 0 Å². The van der Waals surface area contributed by atoms with Crippen molar-refractivity contribution in [3.63, 3.8) is 0 Å². The number of halogens is 3. The van der Waals surface area contributed by atoms with Gasteiger partial charge in [0, 0.05) is 6.04 Å². The summed E-state index contributed by atoms with van der Waals surface area (Å²) < 4.78 is 38.6. The number of aliphatic hydroxyl groups is 1. The lowest BCUT2D eigenvalue weighted by Gasteiger charge is -2.34. The maximum absolute atomic E-state index is 12.9. The van der Waals surface area contributed by atoms with Crippen LogP contribution in [0.1, 0.15) is 44.9 Å². The topological polar surface area (TPSA) is 32.3 Å². The molecule has 0 aromatic rings. The largest absolute Gasteiger partial charge is 0.393 e. The normalized spacial score (nSPS) is 38.0. The van der Waals surface area contributed by atoms with Crippen LogP contribution in [-0.2, 0) is 0 Å². The summed E-state index contributed by atoms with van der Waals surface area (Å²) in [6.45, 7) is 0.619. The van der Waals surface area contributed by atoms with Crippen molar-refractivity contribution in [3.8, 4) is 0 Å². The van der Waals surface area contributed by atoms with Crippen LogP contribution in [0.2, 0.25) is 0 Å². The summed E-state index contributed by atoms with van der Waals surface area (Å²) in [5.74, 6) is -0.839. The Balaban J connectivity index is 1.82. The van der Waals surface area contributed by atoms with Gasteiger partial charge in [-0.05, 0) is 44.6 Å². The highest BCUT2D eigenvalue weighted by Crippen LogP contribution is 2.38. The molecule has 4 unspecified atom stereocenters. The van der Waals surface area contributed by atoms with Crippen LogP contribution in [0.3, 0.4) is 0 Å². The van der Waals surface area contributed by atoms with E-state index in [-0.39, 0.29) is 12.5 Å². The molecule has 0 amide bonds. The summed E-state index contributed by atoms with van der Waals surface area (Å²) in [5, 5.41) is 12.5. The van der Waals surface area contributed by atoms with Crippen molar-refractivity contribution in [1.82, 2.24) is 5.32 Å². The third-order valence-electron chi connectivity index (χ3n) is 4.37. The van der Waals surface area contributed by atoms with Crippen LogP contribution in [0, 0.1) is 11.8 Å². The van der Waals surface area contributed by atoms with Crippen LogP contribution in [0.5, 0.6) is 0 Å². The van der Waals surface area contributed by atoms with Crippen LogP contribution < -0.4 is 5.32 Å². The summed E-state index contributed by atoms with van der Waals surface area (Å²) >= 11 is 0. The van der Waals surface area contributed by atoms with Crippen LogP contribution in [0.4, 0.5) is 13.2 Å². The molecule has 0 aromatic heterocycles. The maximum Gasteiger partial charge on any atom is 0.393 e. The number of hydrogen-bond acceptors (Lipinski definition) is 2. The molecule has 2 aliphatic carbocycles. The fourth-order valence-electron chi connectivity index (χ4n) is 3.32. The predicted octanol–water partition coefficient (Wildman–Crippen LogP) is 2.86. The standard InChI is InChI=1S/C13H22F3NO/c14-13(15,16)11-3-1-2-4-12(11)17-8-9-5-6-10(18)7-9/h9-12,17-18H,1-8H2. The highest BCUT2D eigenvalue weighted by Gasteiger charge is 2.45. The molecule has 18 heavy (non-hydrogen) atoms. The molecule has 0 radical (unpaired) electrons. The molecule has 0 saturated heterocycles. The maximum atomic E-state index is 12.9. The van der Waals surface area contributed by atoms with E-state index in [1.807, 2.05) is 0 Å². The third-order valence-corrected chi connectivity index (χ3v) is 4.37. The molecule has 2 aliphatic rings. The van der Waals surface area contributed by atoms with Gasteiger partial charge in [-0.3, -0.25) is 0 Å². The number of hydrogen-bond donors (Lipinski definition) is 2. The Morgan fingerprint density at radius 1 is 1.06 bits per heavy atom. The fourth-order valence-corrected chi connectivity index (χ4v) is 3.32. The van der Waals surface area contributed by atoms with E-state index >= 15 is 0 Å². The van der Waals surface area contributed by atoms with E-state index in [0.29, 0.717) is 25.3 Å². The molecule has 2 fully saturated rings. The summed E-state index contributed by atoms with van der Waals surface area (Å²) in [6.07, 6.45) is 0.582.